The lowest BCUT2D eigenvalue weighted by atomic mass is 9.99. The molecule has 0 spiro atoms. The Kier molecular flexibility index (Phi) is 4.48. The quantitative estimate of drug-likeness (QED) is 0.631. The zero-order valence-corrected chi connectivity index (χ0v) is 11.2. The van der Waals surface area contributed by atoms with E-state index >= 15 is 0 Å². The first-order valence-electron chi connectivity index (χ1n) is 6.52. The van der Waals surface area contributed by atoms with Crippen LogP contribution in [-0.4, -0.2) is 5.91 Å². The summed E-state index contributed by atoms with van der Waals surface area (Å²) >= 11 is 5.83. The van der Waals surface area contributed by atoms with E-state index < -0.39 is 0 Å². The van der Waals surface area contributed by atoms with Gasteiger partial charge in [-0.25, -0.2) is 0 Å². The van der Waals surface area contributed by atoms with Gasteiger partial charge in [-0.2, -0.15) is 0 Å². The van der Waals surface area contributed by atoms with Gasteiger partial charge in [0, 0.05) is 10.9 Å². The summed E-state index contributed by atoms with van der Waals surface area (Å²) in [4.78, 5) is 12.2. The van der Waals surface area contributed by atoms with E-state index in [2.05, 4.69) is 5.32 Å². The van der Waals surface area contributed by atoms with Crippen LogP contribution in [0, 0.1) is 5.92 Å². The van der Waals surface area contributed by atoms with Crippen molar-refractivity contribution in [1.29, 1.82) is 0 Å². The first-order chi connectivity index (χ1) is 8.66. The van der Waals surface area contributed by atoms with Crippen molar-refractivity contribution in [3.63, 3.8) is 0 Å². The Morgan fingerprint density at radius 2 is 1.89 bits per heavy atom. The summed E-state index contributed by atoms with van der Waals surface area (Å²) in [6, 6.07) is 5.15. The van der Waals surface area contributed by atoms with Gasteiger partial charge in [-0.1, -0.05) is 37.3 Å². The largest absolute Gasteiger partial charge is 0.397 e. The van der Waals surface area contributed by atoms with Crippen molar-refractivity contribution < 1.29 is 4.79 Å². The van der Waals surface area contributed by atoms with E-state index in [1.807, 2.05) is 0 Å². The van der Waals surface area contributed by atoms with Crippen molar-refractivity contribution in [3.05, 3.63) is 23.2 Å². The van der Waals surface area contributed by atoms with Crippen LogP contribution in [0.15, 0.2) is 18.2 Å². The molecule has 18 heavy (non-hydrogen) atoms. The molecular weight excluding hydrogens is 248 g/mol. The number of halogens is 1. The number of benzene rings is 1. The highest BCUT2D eigenvalue weighted by atomic mass is 35.5. The van der Waals surface area contributed by atoms with Gasteiger partial charge in [0.05, 0.1) is 11.4 Å². The number of anilines is 2. The maximum atomic E-state index is 12.2. The molecule has 1 aromatic carbocycles. The van der Waals surface area contributed by atoms with Gasteiger partial charge >= 0.3 is 0 Å². The van der Waals surface area contributed by atoms with E-state index in [0.29, 0.717) is 16.4 Å². The summed E-state index contributed by atoms with van der Waals surface area (Å²) in [5.74, 6) is 0.216. The van der Waals surface area contributed by atoms with E-state index in [1.165, 1.54) is 12.8 Å². The molecule has 0 unspecified atom stereocenters. The topological polar surface area (TPSA) is 55.1 Å². The van der Waals surface area contributed by atoms with Crippen LogP contribution in [-0.2, 0) is 4.79 Å². The van der Waals surface area contributed by atoms with Crippen molar-refractivity contribution in [2.75, 3.05) is 11.1 Å². The molecule has 98 valence electrons. The number of rotatable bonds is 2. The second-order valence-electron chi connectivity index (χ2n) is 4.91. The zero-order chi connectivity index (χ0) is 13.0. The molecule has 1 amide bonds. The van der Waals surface area contributed by atoms with Crippen LogP contribution >= 0.6 is 11.6 Å². The number of hydrogen-bond donors (Lipinski definition) is 2. The Balaban J connectivity index is 2.01. The van der Waals surface area contributed by atoms with Gasteiger partial charge in [-0.15, -0.1) is 0 Å². The van der Waals surface area contributed by atoms with Crippen LogP contribution in [0.5, 0.6) is 0 Å². The predicted octanol–water partition coefficient (Wildman–Crippen LogP) is 3.83. The minimum absolute atomic E-state index is 0.0888. The highest BCUT2D eigenvalue weighted by molar-refractivity contribution is 6.31. The fraction of sp³-hybridized carbons (Fsp3) is 0.500. The molecule has 0 aromatic heterocycles. The van der Waals surface area contributed by atoms with Crippen molar-refractivity contribution >= 4 is 28.9 Å². The van der Waals surface area contributed by atoms with Gasteiger partial charge in [0.15, 0.2) is 0 Å². The third-order valence-corrected chi connectivity index (χ3v) is 3.73. The normalized spacial score (nSPS) is 17.2. The standard InChI is InChI=1S/C14H19ClN2O/c15-11-7-8-13(12(16)9-11)17-14(18)10-5-3-1-2-4-6-10/h7-10H,1-6,16H2,(H,17,18). The Hall–Kier alpha value is -1.22. The highest BCUT2D eigenvalue weighted by Crippen LogP contribution is 2.27. The predicted molar refractivity (Wildman–Crippen MR) is 75.7 cm³/mol. The van der Waals surface area contributed by atoms with E-state index in [9.17, 15) is 4.79 Å². The molecule has 2 rings (SSSR count). The SMILES string of the molecule is Nc1cc(Cl)ccc1NC(=O)C1CCCCCC1. The number of hydrogen-bond acceptors (Lipinski definition) is 2. The van der Waals surface area contributed by atoms with Crippen molar-refractivity contribution in [3.8, 4) is 0 Å². The Labute approximate surface area is 113 Å². The van der Waals surface area contributed by atoms with Crippen LogP contribution in [0.3, 0.4) is 0 Å². The number of nitrogen functional groups attached to an aromatic ring is 1. The van der Waals surface area contributed by atoms with Gasteiger partial charge in [-0.05, 0) is 31.0 Å². The first kappa shape index (κ1) is 13.2. The van der Waals surface area contributed by atoms with Crippen LogP contribution in [0.25, 0.3) is 0 Å². The van der Waals surface area contributed by atoms with Crippen LogP contribution in [0.1, 0.15) is 38.5 Å². The second-order valence-corrected chi connectivity index (χ2v) is 5.35. The van der Waals surface area contributed by atoms with Gasteiger partial charge in [0.25, 0.3) is 0 Å². The first-order valence-corrected chi connectivity index (χ1v) is 6.90. The van der Waals surface area contributed by atoms with Gasteiger partial charge in [-0.3, -0.25) is 4.79 Å². The number of amides is 1. The molecule has 0 saturated heterocycles. The summed E-state index contributed by atoms with van der Waals surface area (Å²) in [6.45, 7) is 0. The van der Waals surface area contributed by atoms with Crippen LogP contribution in [0.4, 0.5) is 11.4 Å². The molecule has 3 N–H and O–H groups in total. The van der Waals surface area contributed by atoms with E-state index in [1.54, 1.807) is 18.2 Å². The van der Waals surface area contributed by atoms with Crippen LogP contribution < -0.4 is 11.1 Å². The maximum Gasteiger partial charge on any atom is 0.227 e. The maximum absolute atomic E-state index is 12.2. The molecule has 1 aliphatic rings. The van der Waals surface area contributed by atoms with Crippen LogP contribution in [0.2, 0.25) is 5.02 Å². The minimum atomic E-state index is 0.0888. The number of carbonyl (C=O) groups is 1. The summed E-state index contributed by atoms with van der Waals surface area (Å²) in [5, 5.41) is 3.50. The van der Waals surface area contributed by atoms with Crippen molar-refractivity contribution in [1.82, 2.24) is 0 Å². The highest BCUT2D eigenvalue weighted by Gasteiger charge is 2.20. The zero-order valence-electron chi connectivity index (χ0n) is 10.4. The molecule has 4 heteroatoms. The molecule has 1 aliphatic carbocycles. The lowest BCUT2D eigenvalue weighted by Gasteiger charge is -2.15. The summed E-state index contributed by atoms with van der Waals surface area (Å²) in [6.07, 6.45) is 6.75. The molecule has 1 saturated carbocycles. The second kappa shape index (κ2) is 6.10. The molecule has 0 heterocycles. The number of carbonyl (C=O) groups excluding carboxylic acids is 1. The van der Waals surface area contributed by atoms with E-state index in [4.69, 9.17) is 17.3 Å². The average molecular weight is 267 g/mol. The lowest BCUT2D eigenvalue weighted by Crippen LogP contribution is -2.22. The summed E-state index contributed by atoms with van der Waals surface area (Å²) < 4.78 is 0. The number of nitrogens with two attached hydrogens (primary N) is 1. The Bertz CT molecular complexity index is 426. The van der Waals surface area contributed by atoms with E-state index in [0.717, 1.165) is 25.7 Å². The smallest absolute Gasteiger partial charge is 0.227 e. The minimum Gasteiger partial charge on any atom is -0.397 e. The summed E-state index contributed by atoms with van der Waals surface area (Å²) in [7, 11) is 0. The fourth-order valence-corrected chi connectivity index (χ4v) is 2.60. The number of nitrogens with one attached hydrogen (secondary N) is 1. The average Bonchev–Trinajstić information content (AvgIpc) is 2.61. The monoisotopic (exact) mass is 266 g/mol. The Morgan fingerprint density at radius 3 is 2.50 bits per heavy atom. The van der Waals surface area contributed by atoms with E-state index in [-0.39, 0.29) is 11.8 Å². The molecule has 1 aromatic rings. The molecule has 0 bridgehead atoms. The lowest BCUT2D eigenvalue weighted by molar-refractivity contribution is -0.120. The van der Waals surface area contributed by atoms with Crippen molar-refractivity contribution in [2.45, 2.75) is 38.5 Å². The molecule has 0 radical (unpaired) electrons. The molecule has 1 fully saturated rings. The molecule has 3 nitrogen and oxygen atoms in total. The van der Waals surface area contributed by atoms with Gasteiger partial charge in [0.1, 0.15) is 0 Å². The third-order valence-electron chi connectivity index (χ3n) is 3.50. The fourth-order valence-electron chi connectivity index (χ4n) is 2.42. The summed E-state index contributed by atoms with van der Waals surface area (Å²) in [5.41, 5.74) is 7.01. The van der Waals surface area contributed by atoms with Gasteiger partial charge < -0.3 is 11.1 Å². The third kappa shape index (κ3) is 3.39. The van der Waals surface area contributed by atoms with Gasteiger partial charge in [0.2, 0.25) is 5.91 Å². The Morgan fingerprint density at radius 1 is 1.22 bits per heavy atom. The molecular formula is C14H19ClN2O. The molecule has 0 aliphatic heterocycles. The molecule has 0 atom stereocenters. The van der Waals surface area contributed by atoms with Crippen molar-refractivity contribution in [2.24, 2.45) is 5.92 Å².